The van der Waals surface area contributed by atoms with Crippen molar-refractivity contribution in [2.75, 3.05) is 0 Å². The van der Waals surface area contributed by atoms with E-state index in [1.54, 1.807) is 0 Å². The summed E-state index contributed by atoms with van der Waals surface area (Å²) < 4.78 is 6.26. The van der Waals surface area contributed by atoms with E-state index in [9.17, 15) is 0 Å². The van der Waals surface area contributed by atoms with Gasteiger partial charge in [-0.05, 0) is 64.7 Å². The van der Waals surface area contributed by atoms with Crippen molar-refractivity contribution in [3.8, 4) is 0 Å². The number of alkyl halides is 1. The van der Waals surface area contributed by atoms with Crippen LogP contribution in [0.3, 0.4) is 0 Å². The Balaban J connectivity index is 2.43. The van der Waals surface area contributed by atoms with E-state index in [-0.39, 0.29) is 4.83 Å². The number of rotatable bonds is 2. The van der Waals surface area contributed by atoms with Gasteiger partial charge in [0.1, 0.15) is 5.76 Å². The van der Waals surface area contributed by atoms with E-state index in [0.29, 0.717) is 0 Å². The summed E-state index contributed by atoms with van der Waals surface area (Å²) in [5, 5.41) is 0.752. The van der Waals surface area contributed by atoms with Crippen molar-refractivity contribution < 1.29 is 4.42 Å². The lowest BCUT2D eigenvalue weighted by atomic mass is 10.0. The molecule has 0 saturated heterocycles. The van der Waals surface area contributed by atoms with Gasteiger partial charge in [0.05, 0.1) is 4.83 Å². The lowest BCUT2D eigenvalue weighted by Crippen LogP contribution is -1.94. The predicted molar refractivity (Wildman–Crippen MR) is 78.1 cm³/mol. The van der Waals surface area contributed by atoms with Crippen molar-refractivity contribution >= 4 is 43.5 Å². The number of hydrogen-bond acceptors (Lipinski definition) is 1. The maximum atomic E-state index is 6.27. The van der Waals surface area contributed by atoms with Gasteiger partial charge in [0.15, 0.2) is 4.67 Å². The highest BCUT2D eigenvalue weighted by Gasteiger charge is 2.18. The molecule has 4 heteroatoms. The molecule has 2 aromatic rings. The Morgan fingerprint density at radius 1 is 1.18 bits per heavy atom. The van der Waals surface area contributed by atoms with Crippen LogP contribution in [-0.2, 0) is 0 Å². The maximum absolute atomic E-state index is 6.27. The quantitative estimate of drug-likeness (QED) is 0.602. The van der Waals surface area contributed by atoms with Crippen molar-refractivity contribution in [3.63, 3.8) is 0 Å². The zero-order chi connectivity index (χ0) is 12.6. The van der Waals surface area contributed by atoms with Crippen LogP contribution in [-0.4, -0.2) is 0 Å². The Bertz CT molecular complexity index is 548. The van der Waals surface area contributed by atoms with Crippen LogP contribution in [0.2, 0.25) is 5.02 Å². The SMILES string of the molecule is Cc1cc(Cl)c(C(Br)c2ccc(Br)o2)cc1C. The first kappa shape index (κ1) is 13.2. The van der Waals surface area contributed by atoms with Gasteiger partial charge in [-0.1, -0.05) is 33.6 Å². The highest BCUT2D eigenvalue weighted by molar-refractivity contribution is 9.10. The highest BCUT2D eigenvalue weighted by Crippen LogP contribution is 2.37. The van der Waals surface area contributed by atoms with Gasteiger partial charge in [0.2, 0.25) is 0 Å². The van der Waals surface area contributed by atoms with Crippen LogP contribution in [0.4, 0.5) is 0 Å². The molecule has 1 atom stereocenters. The van der Waals surface area contributed by atoms with Crippen molar-refractivity contribution in [2.45, 2.75) is 18.7 Å². The van der Waals surface area contributed by atoms with Crippen LogP contribution in [0, 0.1) is 13.8 Å². The molecule has 1 unspecified atom stereocenters. The molecule has 0 N–H and O–H groups in total. The molecule has 2 rings (SSSR count). The van der Waals surface area contributed by atoms with Crippen molar-refractivity contribution in [2.24, 2.45) is 0 Å². The summed E-state index contributed by atoms with van der Waals surface area (Å²) in [6, 6.07) is 7.87. The van der Waals surface area contributed by atoms with Crippen LogP contribution < -0.4 is 0 Å². The van der Waals surface area contributed by atoms with Gasteiger partial charge in [-0.25, -0.2) is 0 Å². The van der Waals surface area contributed by atoms with E-state index in [4.69, 9.17) is 16.0 Å². The smallest absolute Gasteiger partial charge is 0.169 e. The average Bonchev–Trinajstić information content (AvgIpc) is 2.69. The molecule has 0 bridgehead atoms. The zero-order valence-electron chi connectivity index (χ0n) is 9.43. The minimum absolute atomic E-state index is 0.0272. The number of hydrogen-bond donors (Lipinski definition) is 0. The highest BCUT2D eigenvalue weighted by atomic mass is 79.9. The molecule has 0 aliphatic heterocycles. The van der Waals surface area contributed by atoms with E-state index in [2.05, 4.69) is 51.8 Å². The molecule has 0 aliphatic carbocycles. The molecule has 0 fully saturated rings. The molecule has 0 aliphatic rings. The fourth-order valence-corrected chi connectivity index (χ4v) is 3.02. The Labute approximate surface area is 122 Å². The summed E-state index contributed by atoms with van der Waals surface area (Å²) in [6.07, 6.45) is 0. The second-order valence-corrected chi connectivity index (χ2v) is 6.07. The second kappa shape index (κ2) is 5.17. The van der Waals surface area contributed by atoms with Crippen LogP contribution in [0.15, 0.2) is 33.4 Å². The third-order valence-electron chi connectivity index (χ3n) is 2.73. The first-order chi connectivity index (χ1) is 7.99. The third-order valence-corrected chi connectivity index (χ3v) is 4.43. The Morgan fingerprint density at radius 3 is 2.41 bits per heavy atom. The summed E-state index contributed by atoms with van der Waals surface area (Å²) in [6.45, 7) is 4.13. The number of aryl methyl sites for hydroxylation is 2. The standard InChI is InChI=1S/C13H11Br2ClO/c1-7-5-9(10(16)6-8(7)2)13(15)11-3-4-12(14)17-11/h3-6,13H,1-2H3. The van der Waals surface area contributed by atoms with Crippen LogP contribution in [0.5, 0.6) is 0 Å². The van der Waals surface area contributed by atoms with Gasteiger partial charge < -0.3 is 4.42 Å². The summed E-state index contributed by atoms with van der Waals surface area (Å²) in [7, 11) is 0. The van der Waals surface area contributed by atoms with Gasteiger partial charge in [-0.3, -0.25) is 0 Å². The van der Waals surface area contributed by atoms with E-state index >= 15 is 0 Å². The molecule has 0 amide bonds. The first-order valence-corrected chi connectivity index (χ1v) is 7.23. The first-order valence-electron chi connectivity index (χ1n) is 5.15. The normalized spacial score (nSPS) is 12.8. The van der Waals surface area contributed by atoms with E-state index in [1.807, 2.05) is 18.2 Å². The van der Waals surface area contributed by atoms with Gasteiger partial charge in [0, 0.05) is 5.02 Å². The largest absolute Gasteiger partial charge is 0.453 e. The van der Waals surface area contributed by atoms with Crippen molar-refractivity contribution in [3.05, 3.63) is 56.4 Å². The van der Waals surface area contributed by atoms with E-state index < -0.39 is 0 Å². The van der Waals surface area contributed by atoms with Gasteiger partial charge in [-0.15, -0.1) is 0 Å². The molecular formula is C13H11Br2ClO. The second-order valence-electron chi connectivity index (χ2n) is 3.96. The summed E-state index contributed by atoms with van der Waals surface area (Å²) >= 11 is 13.2. The minimum Gasteiger partial charge on any atom is -0.453 e. The summed E-state index contributed by atoms with van der Waals surface area (Å²) in [5.74, 6) is 0.835. The fraction of sp³-hybridized carbons (Fsp3) is 0.231. The van der Waals surface area contributed by atoms with Crippen LogP contribution in [0.1, 0.15) is 27.3 Å². The minimum atomic E-state index is -0.0272. The van der Waals surface area contributed by atoms with E-state index in [1.165, 1.54) is 11.1 Å². The summed E-state index contributed by atoms with van der Waals surface area (Å²) in [5.41, 5.74) is 3.44. The monoisotopic (exact) mass is 376 g/mol. The lowest BCUT2D eigenvalue weighted by molar-refractivity contribution is 0.497. The molecule has 1 aromatic heterocycles. The third kappa shape index (κ3) is 2.78. The molecule has 1 nitrogen and oxygen atoms in total. The van der Waals surface area contributed by atoms with Crippen molar-refractivity contribution in [1.82, 2.24) is 0 Å². The molecule has 0 spiro atoms. The lowest BCUT2D eigenvalue weighted by Gasteiger charge is -2.12. The Kier molecular flexibility index (Phi) is 4.01. The predicted octanol–water partition coefficient (Wildman–Crippen LogP) is 5.80. The van der Waals surface area contributed by atoms with Gasteiger partial charge in [0.25, 0.3) is 0 Å². The number of benzene rings is 1. The molecule has 0 saturated carbocycles. The molecule has 90 valence electrons. The number of halogens is 3. The van der Waals surface area contributed by atoms with Gasteiger partial charge in [-0.2, -0.15) is 0 Å². The van der Waals surface area contributed by atoms with E-state index in [0.717, 1.165) is 21.0 Å². The van der Waals surface area contributed by atoms with Crippen molar-refractivity contribution in [1.29, 1.82) is 0 Å². The maximum Gasteiger partial charge on any atom is 0.169 e. The molecule has 17 heavy (non-hydrogen) atoms. The molecule has 0 radical (unpaired) electrons. The molecular weight excluding hydrogens is 367 g/mol. The zero-order valence-corrected chi connectivity index (χ0v) is 13.4. The Morgan fingerprint density at radius 2 is 1.82 bits per heavy atom. The topological polar surface area (TPSA) is 13.1 Å². The van der Waals surface area contributed by atoms with Crippen LogP contribution in [0.25, 0.3) is 0 Å². The van der Waals surface area contributed by atoms with Crippen LogP contribution >= 0.6 is 43.5 Å². The molecule has 1 heterocycles. The average molecular weight is 378 g/mol. The number of furan rings is 1. The molecule has 1 aromatic carbocycles. The summed E-state index contributed by atoms with van der Waals surface area (Å²) in [4.78, 5) is -0.0272. The van der Waals surface area contributed by atoms with Gasteiger partial charge >= 0.3 is 0 Å². The Hall–Kier alpha value is -0.250. The fourth-order valence-electron chi connectivity index (χ4n) is 1.62.